The fraction of sp³-hybridized carbons (Fsp3) is 0.571. The Balaban J connectivity index is 2.04. The molecule has 0 bridgehead atoms. The molecule has 1 atom stereocenters. The Kier molecular flexibility index (Phi) is 3.13. The van der Waals surface area contributed by atoms with Gasteiger partial charge in [-0.2, -0.15) is 0 Å². The molecule has 1 unspecified atom stereocenters. The average Bonchev–Trinajstić information content (AvgIpc) is 2.96. The summed E-state index contributed by atoms with van der Waals surface area (Å²) in [4.78, 5) is 0. The van der Waals surface area contributed by atoms with Crippen molar-refractivity contribution in [3.63, 3.8) is 0 Å². The van der Waals surface area contributed by atoms with Crippen molar-refractivity contribution < 1.29 is 9.47 Å². The predicted octanol–water partition coefficient (Wildman–Crippen LogP) is 3.84. The summed E-state index contributed by atoms with van der Waals surface area (Å²) in [7, 11) is 0. The van der Waals surface area contributed by atoms with E-state index in [1.165, 1.54) is 0 Å². The maximum Gasteiger partial charge on any atom is 0.130 e. The summed E-state index contributed by atoms with van der Waals surface area (Å²) < 4.78 is 11.5. The molecule has 0 saturated carbocycles. The minimum absolute atomic E-state index is 0.104. The van der Waals surface area contributed by atoms with Crippen molar-refractivity contribution in [2.75, 3.05) is 13.2 Å². The molecule has 0 aromatic heterocycles. The monoisotopic (exact) mass is 254 g/mol. The molecule has 2 rings (SSSR count). The molecule has 1 aliphatic rings. The third kappa shape index (κ3) is 2.58. The van der Waals surface area contributed by atoms with E-state index in [0.717, 1.165) is 22.9 Å². The number of ether oxygens (including phenoxy) is 2. The molecule has 3 heteroatoms. The number of rotatable bonds is 3. The van der Waals surface area contributed by atoms with Gasteiger partial charge in [0.1, 0.15) is 18.0 Å². The molecule has 0 aliphatic carbocycles. The Morgan fingerprint density at radius 1 is 1.41 bits per heavy atom. The first-order valence-electron chi connectivity index (χ1n) is 5.87. The van der Waals surface area contributed by atoms with E-state index < -0.39 is 0 Å². The number of benzene rings is 1. The summed E-state index contributed by atoms with van der Waals surface area (Å²) in [6.45, 7) is 9.91. The molecular weight excluding hydrogens is 236 g/mol. The minimum atomic E-state index is -0.126. The highest BCUT2D eigenvalue weighted by molar-refractivity contribution is 6.30. The van der Waals surface area contributed by atoms with Crippen LogP contribution in [0.2, 0.25) is 5.02 Å². The number of aryl methyl sites for hydroxylation is 1. The van der Waals surface area contributed by atoms with Crippen LogP contribution in [0.4, 0.5) is 0 Å². The van der Waals surface area contributed by atoms with Gasteiger partial charge in [-0.3, -0.25) is 0 Å². The summed E-state index contributed by atoms with van der Waals surface area (Å²) >= 11 is 5.91. The molecule has 2 nitrogen and oxygen atoms in total. The molecule has 17 heavy (non-hydrogen) atoms. The zero-order chi connectivity index (χ0) is 12.7. The van der Waals surface area contributed by atoms with Gasteiger partial charge in [-0.15, -0.1) is 0 Å². The lowest BCUT2D eigenvalue weighted by Crippen LogP contribution is -2.36. The van der Waals surface area contributed by atoms with Crippen LogP contribution < -0.4 is 4.74 Å². The SMILES string of the molecule is Cc1cc(Cl)ccc1OCC1(C(C)(C)C)CO1. The van der Waals surface area contributed by atoms with E-state index in [9.17, 15) is 0 Å². The minimum Gasteiger partial charge on any atom is -0.490 e. The Hall–Kier alpha value is -0.730. The Labute approximate surface area is 108 Å². The van der Waals surface area contributed by atoms with Crippen molar-refractivity contribution in [1.82, 2.24) is 0 Å². The van der Waals surface area contributed by atoms with Gasteiger partial charge in [-0.1, -0.05) is 32.4 Å². The summed E-state index contributed by atoms with van der Waals surface area (Å²) in [5, 5.41) is 0.739. The van der Waals surface area contributed by atoms with Gasteiger partial charge in [0, 0.05) is 5.02 Å². The van der Waals surface area contributed by atoms with Crippen molar-refractivity contribution in [1.29, 1.82) is 0 Å². The van der Waals surface area contributed by atoms with Gasteiger partial charge in [-0.05, 0) is 36.1 Å². The van der Waals surface area contributed by atoms with E-state index >= 15 is 0 Å². The van der Waals surface area contributed by atoms with Gasteiger partial charge < -0.3 is 9.47 Å². The Morgan fingerprint density at radius 3 is 2.53 bits per heavy atom. The second-order valence-corrected chi connectivity index (χ2v) is 6.17. The molecule has 1 heterocycles. The first-order valence-corrected chi connectivity index (χ1v) is 6.25. The zero-order valence-corrected chi connectivity index (χ0v) is 11.6. The quantitative estimate of drug-likeness (QED) is 0.765. The first-order chi connectivity index (χ1) is 7.84. The van der Waals surface area contributed by atoms with Crippen LogP contribution in [0.1, 0.15) is 26.3 Å². The molecule has 0 amide bonds. The molecule has 1 aromatic rings. The van der Waals surface area contributed by atoms with Crippen molar-refractivity contribution in [2.45, 2.75) is 33.3 Å². The van der Waals surface area contributed by atoms with Crippen LogP contribution in [0, 0.1) is 12.3 Å². The summed E-state index contributed by atoms with van der Waals surface area (Å²) in [5.74, 6) is 0.883. The van der Waals surface area contributed by atoms with E-state index in [1.54, 1.807) is 0 Å². The van der Waals surface area contributed by atoms with Crippen LogP contribution in [-0.2, 0) is 4.74 Å². The van der Waals surface area contributed by atoms with E-state index in [0.29, 0.717) is 6.61 Å². The maximum atomic E-state index is 5.91. The summed E-state index contributed by atoms with van der Waals surface area (Å²) in [6, 6.07) is 5.67. The standard InChI is InChI=1S/C14H19ClO2/c1-10-7-11(15)5-6-12(10)16-8-14(9-17-14)13(2,3)4/h5-7H,8-9H2,1-4H3. The molecular formula is C14H19ClO2. The molecule has 0 N–H and O–H groups in total. The van der Waals surface area contributed by atoms with Crippen LogP contribution in [0.5, 0.6) is 5.75 Å². The van der Waals surface area contributed by atoms with Crippen LogP contribution in [0.15, 0.2) is 18.2 Å². The second-order valence-electron chi connectivity index (χ2n) is 5.73. The lowest BCUT2D eigenvalue weighted by Gasteiger charge is -2.27. The van der Waals surface area contributed by atoms with Crippen LogP contribution in [-0.4, -0.2) is 18.8 Å². The molecule has 94 valence electrons. The summed E-state index contributed by atoms with van der Waals surface area (Å²) in [6.07, 6.45) is 0. The second kappa shape index (κ2) is 4.18. The van der Waals surface area contributed by atoms with E-state index in [4.69, 9.17) is 21.1 Å². The lowest BCUT2D eigenvalue weighted by atomic mass is 9.81. The van der Waals surface area contributed by atoms with Crippen molar-refractivity contribution in [3.05, 3.63) is 28.8 Å². The van der Waals surface area contributed by atoms with Crippen LogP contribution in [0.3, 0.4) is 0 Å². The number of hydrogen-bond acceptors (Lipinski definition) is 2. The third-order valence-electron chi connectivity index (χ3n) is 3.46. The zero-order valence-electron chi connectivity index (χ0n) is 10.8. The molecule has 1 aromatic carbocycles. The fourth-order valence-electron chi connectivity index (χ4n) is 1.79. The largest absolute Gasteiger partial charge is 0.490 e. The van der Waals surface area contributed by atoms with Crippen molar-refractivity contribution >= 4 is 11.6 Å². The third-order valence-corrected chi connectivity index (χ3v) is 3.69. The van der Waals surface area contributed by atoms with E-state index in [-0.39, 0.29) is 11.0 Å². The van der Waals surface area contributed by atoms with E-state index in [2.05, 4.69) is 20.8 Å². The van der Waals surface area contributed by atoms with Gasteiger partial charge >= 0.3 is 0 Å². The lowest BCUT2D eigenvalue weighted by molar-refractivity contribution is 0.0931. The topological polar surface area (TPSA) is 21.8 Å². The number of hydrogen-bond donors (Lipinski definition) is 0. The molecule has 0 spiro atoms. The average molecular weight is 255 g/mol. The number of halogens is 1. The van der Waals surface area contributed by atoms with Crippen LogP contribution >= 0.6 is 11.6 Å². The van der Waals surface area contributed by atoms with Crippen molar-refractivity contribution in [3.8, 4) is 5.75 Å². The van der Waals surface area contributed by atoms with Gasteiger partial charge in [0.05, 0.1) is 6.61 Å². The normalized spacial score (nSPS) is 23.6. The molecule has 1 saturated heterocycles. The highest BCUT2D eigenvalue weighted by Gasteiger charge is 2.55. The highest BCUT2D eigenvalue weighted by atomic mass is 35.5. The maximum absolute atomic E-state index is 5.91. The van der Waals surface area contributed by atoms with E-state index in [1.807, 2.05) is 25.1 Å². The number of epoxide rings is 1. The molecule has 1 fully saturated rings. The van der Waals surface area contributed by atoms with Gasteiger partial charge in [0.25, 0.3) is 0 Å². The predicted molar refractivity (Wildman–Crippen MR) is 69.8 cm³/mol. The van der Waals surface area contributed by atoms with Gasteiger partial charge in [-0.25, -0.2) is 0 Å². The summed E-state index contributed by atoms with van der Waals surface area (Å²) in [5.41, 5.74) is 1.04. The van der Waals surface area contributed by atoms with Crippen LogP contribution in [0.25, 0.3) is 0 Å². The van der Waals surface area contributed by atoms with Gasteiger partial charge in [0.15, 0.2) is 0 Å². The Morgan fingerprint density at radius 2 is 2.06 bits per heavy atom. The molecule has 0 radical (unpaired) electrons. The highest BCUT2D eigenvalue weighted by Crippen LogP contribution is 2.44. The van der Waals surface area contributed by atoms with Crippen molar-refractivity contribution in [2.24, 2.45) is 5.41 Å². The molecule has 1 aliphatic heterocycles. The smallest absolute Gasteiger partial charge is 0.130 e. The first kappa shape index (κ1) is 12.7. The Bertz CT molecular complexity index is 417. The fourth-order valence-corrected chi connectivity index (χ4v) is 2.02. The van der Waals surface area contributed by atoms with Gasteiger partial charge in [0.2, 0.25) is 0 Å².